The zero-order chi connectivity index (χ0) is 21.7. The van der Waals surface area contributed by atoms with Crippen LogP contribution < -0.4 is 10.1 Å². The smallest absolute Gasteiger partial charge is 0.338 e. The number of hydrogen-bond acceptors (Lipinski definition) is 6. The Kier molecular flexibility index (Phi) is 6.11. The van der Waals surface area contributed by atoms with Gasteiger partial charge in [0.15, 0.2) is 6.10 Å². The number of esters is 1. The summed E-state index contributed by atoms with van der Waals surface area (Å²) in [7, 11) is 1.37. The molecule has 30 heavy (non-hydrogen) atoms. The van der Waals surface area contributed by atoms with Gasteiger partial charge < -0.3 is 19.4 Å². The number of methoxy groups -OCH3 is 1. The second kappa shape index (κ2) is 8.91. The Morgan fingerprint density at radius 3 is 2.37 bits per heavy atom. The predicted octanol–water partition coefficient (Wildman–Crippen LogP) is 3.58. The lowest BCUT2D eigenvalue weighted by molar-refractivity contribution is -0.384. The van der Waals surface area contributed by atoms with Gasteiger partial charge >= 0.3 is 5.97 Å². The zero-order valence-corrected chi connectivity index (χ0v) is 16.3. The molecule has 0 saturated heterocycles. The molecule has 3 rings (SSSR count). The monoisotopic (exact) mass is 409 g/mol. The Morgan fingerprint density at radius 2 is 1.77 bits per heavy atom. The molecule has 0 aliphatic carbocycles. The fraction of sp³-hybridized carbons (Fsp3) is 0.143. The summed E-state index contributed by atoms with van der Waals surface area (Å²) in [5.41, 5.74) is 1.06. The van der Waals surface area contributed by atoms with E-state index in [0.29, 0.717) is 5.56 Å². The van der Waals surface area contributed by atoms with E-state index in [2.05, 4.69) is 5.32 Å². The minimum atomic E-state index is -1.13. The number of nitrogens with one attached hydrogen (secondary N) is 1. The van der Waals surface area contributed by atoms with E-state index in [4.69, 9.17) is 9.47 Å². The highest BCUT2D eigenvalue weighted by Crippen LogP contribution is 2.29. The molecular weight excluding hydrogens is 390 g/mol. The molecule has 0 bridgehead atoms. The van der Waals surface area contributed by atoms with Gasteiger partial charge in [-0.25, -0.2) is 4.79 Å². The number of non-ortho nitro benzene ring substituents is 1. The van der Waals surface area contributed by atoms with E-state index in [9.17, 15) is 19.7 Å². The van der Waals surface area contributed by atoms with Crippen molar-refractivity contribution in [1.82, 2.24) is 4.57 Å². The van der Waals surface area contributed by atoms with Crippen molar-refractivity contribution in [3.8, 4) is 11.4 Å². The lowest BCUT2D eigenvalue weighted by atomic mass is 10.2. The lowest BCUT2D eigenvalue weighted by Crippen LogP contribution is -2.30. The zero-order valence-electron chi connectivity index (χ0n) is 16.3. The molecule has 9 nitrogen and oxygen atoms in total. The Balaban J connectivity index is 1.66. The molecule has 1 unspecified atom stereocenters. The summed E-state index contributed by atoms with van der Waals surface area (Å²) < 4.78 is 12.2. The Labute approximate surface area is 172 Å². The maximum Gasteiger partial charge on any atom is 0.338 e. The van der Waals surface area contributed by atoms with E-state index in [1.165, 1.54) is 32.2 Å². The summed E-state index contributed by atoms with van der Waals surface area (Å²) in [4.78, 5) is 35.1. The van der Waals surface area contributed by atoms with Crippen LogP contribution in [0, 0.1) is 10.1 Å². The van der Waals surface area contributed by atoms with Gasteiger partial charge in [-0.05, 0) is 49.4 Å². The van der Waals surface area contributed by atoms with E-state index < -0.39 is 22.9 Å². The van der Waals surface area contributed by atoms with Crippen LogP contribution >= 0.6 is 0 Å². The minimum Gasteiger partial charge on any atom is -0.495 e. The fourth-order valence-electron chi connectivity index (χ4n) is 2.70. The van der Waals surface area contributed by atoms with E-state index in [0.717, 1.165) is 5.69 Å². The second-order valence-corrected chi connectivity index (χ2v) is 6.32. The number of hydrogen-bond donors (Lipinski definition) is 1. The van der Waals surface area contributed by atoms with Crippen LogP contribution in [0.2, 0.25) is 0 Å². The number of rotatable bonds is 7. The number of benzene rings is 2. The highest BCUT2D eigenvalue weighted by molar-refractivity contribution is 5.98. The van der Waals surface area contributed by atoms with Crippen LogP contribution in [-0.2, 0) is 9.53 Å². The van der Waals surface area contributed by atoms with Crippen LogP contribution in [0.3, 0.4) is 0 Å². The van der Waals surface area contributed by atoms with Crippen LogP contribution in [0.5, 0.6) is 5.75 Å². The van der Waals surface area contributed by atoms with Gasteiger partial charge in [-0.2, -0.15) is 0 Å². The average Bonchev–Trinajstić information content (AvgIpc) is 3.28. The van der Waals surface area contributed by atoms with Gasteiger partial charge in [0.2, 0.25) is 0 Å². The number of nitrogens with zero attached hydrogens (tertiary/aromatic N) is 2. The number of nitro groups is 1. The van der Waals surface area contributed by atoms with Crippen molar-refractivity contribution in [3.63, 3.8) is 0 Å². The SMILES string of the molecule is COc1ccc([N+](=O)[O-])cc1NC(=O)C(C)OC(=O)c1ccc(-n2cccc2)cc1. The molecule has 0 aliphatic rings. The summed E-state index contributed by atoms with van der Waals surface area (Å²) in [6.07, 6.45) is 2.62. The van der Waals surface area contributed by atoms with E-state index in [1.54, 1.807) is 24.3 Å². The first-order chi connectivity index (χ1) is 14.4. The topological polar surface area (TPSA) is 113 Å². The van der Waals surface area contributed by atoms with Crippen LogP contribution in [0.25, 0.3) is 5.69 Å². The first kappa shape index (κ1) is 20.6. The summed E-state index contributed by atoms with van der Waals surface area (Å²) in [6, 6.07) is 14.3. The molecule has 9 heteroatoms. The summed E-state index contributed by atoms with van der Waals surface area (Å²) in [5.74, 6) is -1.07. The quantitative estimate of drug-likeness (QED) is 0.363. The number of carbonyl (C=O) groups is 2. The van der Waals surface area contributed by atoms with Crippen molar-refractivity contribution in [3.05, 3.63) is 82.7 Å². The Bertz CT molecular complexity index is 1060. The maximum absolute atomic E-state index is 12.4. The van der Waals surface area contributed by atoms with Gasteiger partial charge in [0.1, 0.15) is 5.75 Å². The number of amides is 1. The Hall–Kier alpha value is -4.14. The van der Waals surface area contributed by atoms with E-state index in [1.807, 2.05) is 29.1 Å². The third-order valence-corrected chi connectivity index (χ3v) is 4.31. The molecule has 1 amide bonds. The molecule has 2 aromatic carbocycles. The van der Waals surface area contributed by atoms with E-state index >= 15 is 0 Å². The van der Waals surface area contributed by atoms with Crippen LogP contribution in [0.4, 0.5) is 11.4 Å². The molecule has 0 saturated carbocycles. The van der Waals surface area contributed by atoms with Gasteiger partial charge in [0, 0.05) is 30.2 Å². The number of nitro benzene ring substituents is 1. The molecule has 1 N–H and O–H groups in total. The van der Waals surface area contributed by atoms with Crippen molar-refractivity contribution in [1.29, 1.82) is 0 Å². The van der Waals surface area contributed by atoms with Crippen molar-refractivity contribution < 1.29 is 24.0 Å². The standard InChI is InChI=1S/C21H19N3O6/c1-14(20(25)22-18-13-17(24(27)28)9-10-19(18)29-2)30-21(26)15-5-7-16(8-6-15)23-11-3-4-12-23/h3-14H,1-2H3,(H,22,25). The molecular formula is C21H19N3O6. The molecule has 1 aromatic heterocycles. The van der Waals surface area contributed by atoms with Gasteiger partial charge in [-0.15, -0.1) is 0 Å². The molecule has 0 aliphatic heterocycles. The van der Waals surface area contributed by atoms with Crippen LogP contribution in [0.1, 0.15) is 17.3 Å². The van der Waals surface area contributed by atoms with Crippen LogP contribution in [0.15, 0.2) is 67.0 Å². The first-order valence-corrected chi connectivity index (χ1v) is 8.96. The van der Waals surface area contributed by atoms with Gasteiger partial charge in [-0.1, -0.05) is 0 Å². The molecule has 0 radical (unpaired) electrons. The highest BCUT2D eigenvalue weighted by atomic mass is 16.6. The normalized spacial score (nSPS) is 11.4. The number of carbonyl (C=O) groups excluding carboxylic acids is 2. The minimum absolute atomic E-state index is 0.107. The third-order valence-electron chi connectivity index (χ3n) is 4.31. The largest absolute Gasteiger partial charge is 0.495 e. The lowest BCUT2D eigenvalue weighted by Gasteiger charge is -2.15. The molecule has 1 heterocycles. The fourth-order valence-corrected chi connectivity index (χ4v) is 2.70. The van der Waals surface area contributed by atoms with Crippen molar-refractivity contribution >= 4 is 23.3 Å². The predicted molar refractivity (Wildman–Crippen MR) is 109 cm³/mol. The van der Waals surface area contributed by atoms with Crippen molar-refractivity contribution in [2.45, 2.75) is 13.0 Å². The number of aromatic nitrogens is 1. The molecule has 0 fully saturated rings. The summed E-state index contributed by atoms with van der Waals surface area (Å²) in [6.45, 7) is 1.41. The highest BCUT2D eigenvalue weighted by Gasteiger charge is 2.21. The van der Waals surface area contributed by atoms with Gasteiger partial charge in [-0.3, -0.25) is 14.9 Å². The molecule has 0 spiro atoms. The van der Waals surface area contributed by atoms with Crippen molar-refractivity contribution in [2.24, 2.45) is 0 Å². The number of anilines is 1. The third kappa shape index (κ3) is 4.64. The van der Waals surface area contributed by atoms with Gasteiger partial charge in [0.05, 0.1) is 23.3 Å². The van der Waals surface area contributed by atoms with Crippen LogP contribution in [-0.4, -0.2) is 34.6 Å². The van der Waals surface area contributed by atoms with Gasteiger partial charge in [0.25, 0.3) is 11.6 Å². The van der Waals surface area contributed by atoms with E-state index in [-0.39, 0.29) is 17.1 Å². The maximum atomic E-state index is 12.4. The molecule has 1 atom stereocenters. The summed E-state index contributed by atoms with van der Waals surface area (Å²) in [5, 5.41) is 13.4. The molecule has 3 aromatic rings. The Morgan fingerprint density at radius 1 is 1.10 bits per heavy atom. The first-order valence-electron chi connectivity index (χ1n) is 8.96. The summed E-state index contributed by atoms with van der Waals surface area (Å²) >= 11 is 0. The average molecular weight is 409 g/mol. The van der Waals surface area contributed by atoms with Crippen molar-refractivity contribution in [2.75, 3.05) is 12.4 Å². The second-order valence-electron chi connectivity index (χ2n) is 6.32. The molecule has 154 valence electrons. The number of ether oxygens (including phenoxy) is 2.